The van der Waals surface area contributed by atoms with Crippen molar-refractivity contribution in [2.75, 3.05) is 13.2 Å². The first-order valence-electron chi connectivity index (χ1n) is 7.04. The maximum atomic E-state index is 9.10. The number of rotatable bonds is 11. The van der Waals surface area contributed by atoms with Crippen LogP contribution in [0.4, 0.5) is 0 Å². The molecule has 0 spiro atoms. The van der Waals surface area contributed by atoms with Crippen molar-refractivity contribution in [3.63, 3.8) is 0 Å². The Bertz CT molecular complexity index is 150. The lowest BCUT2D eigenvalue weighted by Gasteiger charge is -2.30. The molecule has 0 saturated heterocycles. The first-order chi connectivity index (χ1) is 7.68. The van der Waals surface area contributed by atoms with Gasteiger partial charge in [-0.1, -0.05) is 46.0 Å². The molecule has 0 aliphatic rings. The molecule has 2 heteroatoms. The van der Waals surface area contributed by atoms with E-state index in [2.05, 4.69) is 26.1 Å². The number of nitrogens with one attached hydrogen (secondary N) is 1. The van der Waals surface area contributed by atoms with Crippen molar-refractivity contribution in [3.05, 3.63) is 0 Å². The number of hydrogen-bond acceptors (Lipinski definition) is 2. The second-order valence-corrected chi connectivity index (χ2v) is 5.13. The van der Waals surface area contributed by atoms with Gasteiger partial charge in [0.2, 0.25) is 0 Å². The van der Waals surface area contributed by atoms with E-state index in [1.54, 1.807) is 0 Å². The Morgan fingerprint density at radius 3 is 2.19 bits per heavy atom. The fourth-order valence-corrected chi connectivity index (χ4v) is 2.09. The highest BCUT2D eigenvalue weighted by molar-refractivity contribution is 4.82. The van der Waals surface area contributed by atoms with Gasteiger partial charge in [-0.15, -0.1) is 0 Å². The van der Waals surface area contributed by atoms with Gasteiger partial charge < -0.3 is 10.4 Å². The Labute approximate surface area is 102 Å². The third kappa shape index (κ3) is 8.12. The summed E-state index contributed by atoms with van der Waals surface area (Å²) in [5.74, 6) is 0. The number of unbranched alkanes of at least 4 members (excludes halogenated alkanes) is 4. The van der Waals surface area contributed by atoms with E-state index >= 15 is 0 Å². The van der Waals surface area contributed by atoms with E-state index in [9.17, 15) is 0 Å². The van der Waals surface area contributed by atoms with Gasteiger partial charge in [-0.3, -0.25) is 0 Å². The second kappa shape index (κ2) is 10.1. The Kier molecular flexibility index (Phi) is 10.0. The van der Waals surface area contributed by atoms with Gasteiger partial charge in [0.15, 0.2) is 0 Å². The first-order valence-corrected chi connectivity index (χ1v) is 7.04. The van der Waals surface area contributed by atoms with Crippen LogP contribution in [0.3, 0.4) is 0 Å². The van der Waals surface area contributed by atoms with Crippen molar-refractivity contribution >= 4 is 0 Å². The molecule has 16 heavy (non-hydrogen) atoms. The highest BCUT2D eigenvalue weighted by Gasteiger charge is 2.21. The predicted molar refractivity (Wildman–Crippen MR) is 71.8 cm³/mol. The molecule has 98 valence electrons. The minimum atomic E-state index is 0.150. The zero-order chi connectivity index (χ0) is 12.3. The molecule has 0 aromatic heterocycles. The van der Waals surface area contributed by atoms with Crippen LogP contribution in [0.25, 0.3) is 0 Å². The smallest absolute Gasteiger partial charge is 0.0448 e. The highest BCUT2D eigenvalue weighted by atomic mass is 16.3. The quantitative estimate of drug-likeness (QED) is 0.532. The van der Waals surface area contributed by atoms with Crippen LogP contribution in [0.2, 0.25) is 0 Å². The monoisotopic (exact) mass is 229 g/mol. The van der Waals surface area contributed by atoms with Gasteiger partial charge in [-0.05, 0) is 32.7 Å². The van der Waals surface area contributed by atoms with Gasteiger partial charge >= 0.3 is 0 Å². The summed E-state index contributed by atoms with van der Waals surface area (Å²) in [6.07, 6.45) is 9.88. The topological polar surface area (TPSA) is 32.3 Å². The van der Waals surface area contributed by atoms with Gasteiger partial charge in [0.25, 0.3) is 0 Å². The molecule has 0 aliphatic heterocycles. The summed E-state index contributed by atoms with van der Waals surface area (Å²) >= 11 is 0. The Morgan fingerprint density at radius 1 is 0.938 bits per heavy atom. The first kappa shape index (κ1) is 15.9. The fraction of sp³-hybridized carbons (Fsp3) is 1.00. The summed E-state index contributed by atoms with van der Waals surface area (Å²) < 4.78 is 0. The Hall–Kier alpha value is -0.0800. The molecule has 0 aliphatic carbocycles. The summed E-state index contributed by atoms with van der Waals surface area (Å²) in [6, 6.07) is 0. The van der Waals surface area contributed by atoms with E-state index in [1.807, 2.05) is 0 Å². The zero-order valence-corrected chi connectivity index (χ0v) is 11.5. The van der Waals surface area contributed by atoms with Gasteiger partial charge in [0.05, 0.1) is 0 Å². The lowest BCUT2D eigenvalue weighted by Crippen LogP contribution is -2.43. The highest BCUT2D eigenvalue weighted by Crippen LogP contribution is 2.19. The summed E-state index contributed by atoms with van der Waals surface area (Å²) in [4.78, 5) is 0. The molecule has 0 rings (SSSR count). The molecule has 0 radical (unpaired) electrons. The van der Waals surface area contributed by atoms with Crippen LogP contribution in [0.1, 0.15) is 72.1 Å². The van der Waals surface area contributed by atoms with E-state index in [1.165, 1.54) is 38.5 Å². The van der Waals surface area contributed by atoms with Crippen molar-refractivity contribution in [3.8, 4) is 0 Å². The van der Waals surface area contributed by atoms with E-state index in [-0.39, 0.29) is 5.54 Å². The third-order valence-electron chi connectivity index (χ3n) is 3.30. The van der Waals surface area contributed by atoms with Gasteiger partial charge in [0, 0.05) is 12.1 Å². The normalized spacial score (nSPS) is 15.0. The van der Waals surface area contributed by atoms with Crippen LogP contribution in [0.15, 0.2) is 0 Å². The Balaban J connectivity index is 3.73. The Morgan fingerprint density at radius 2 is 1.62 bits per heavy atom. The van der Waals surface area contributed by atoms with Crippen LogP contribution in [-0.2, 0) is 0 Å². The van der Waals surface area contributed by atoms with Crippen molar-refractivity contribution < 1.29 is 5.11 Å². The van der Waals surface area contributed by atoms with Crippen LogP contribution < -0.4 is 5.32 Å². The molecule has 2 nitrogen and oxygen atoms in total. The molecular formula is C14H31NO. The molecule has 1 atom stereocenters. The summed E-state index contributed by atoms with van der Waals surface area (Å²) in [5, 5.41) is 12.7. The fourth-order valence-electron chi connectivity index (χ4n) is 2.09. The van der Waals surface area contributed by atoms with E-state index in [0.29, 0.717) is 6.61 Å². The largest absolute Gasteiger partial charge is 0.396 e. The van der Waals surface area contributed by atoms with Gasteiger partial charge in [-0.25, -0.2) is 0 Å². The lowest BCUT2D eigenvalue weighted by atomic mass is 9.90. The van der Waals surface area contributed by atoms with E-state index in [4.69, 9.17) is 5.11 Å². The average molecular weight is 229 g/mol. The maximum absolute atomic E-state index is 9.10. The van der Waals surface area contributed by atoms with Crippen LogP contribution >= 0.6 is 0 Å². The number of aliphatic hydroxyl groups is 1. The van der Waals surface area contributed by atoms with Gasteiger partial charge in [0.1, 0.15) is 0 Å². The third-order valence-corrected chi connectivity index (χ3v) is 3.30. The molecule has 0 saturated carbocycles. The van der Waals surface area contributed by atoms with Crippen LogP contribution in [-0.4, -0.2) is 23.8 Å². The average Bonchev–Trinajstić information content (AvgIpc) is 2.27. The van der Waals surface area contributed by atoms with Crippen LogP contribution in [0, 0.1) is 0 Å². The molecular weight excluding hydrogens is 198 g/mol. The summed E-state index contributed by atoms with van der Waals surface area (Å²) in [5.41, 5.74) is 0.150. The molecule has 0 aromatic carbocycles. The molecule has 1 unspecified atom stereocenters. The van der Waals surface area contributed by atoms with Crippen LogP contribution in [0.5, 0.6) is 0 Å². The van der Waals surface area contributed by atoms with Crippen molar-refractivity contribution in [1.29, 1.82) is 0 Å². The molecule has 0 amide bonds. The molecule has 0 heterocycles. The predicted octanol–water partition coefficient (Wildman–Crippen LogP) is 3.49. The minimum absolute atomic E-state index is 0.150. The van der Waals surface area contributed by atoms with Crippen molar-refractivity contribution in [2.24, 2.45) is 0 Å². The number of hydrogen-bond donors (Lipinski definition) is 2. The standard InChI is InChI=1S/C14H31NO/c1-4-6-7-8-9-10-14(3,11-13-16)15-12-5-2/h15-16H,4-13H2,1-3H3. The van der Waals surface area contributed by atoms with Gasteiger partial charge in [-0.2, -0.15) is 0 Å². The van der Waals surface area contributed by atoms with E-state index < -0.39 is 0 Å². The second-order valence-electron chi connectivity index (χ2n) is 5.13. The molecule has 0 bridgehead atoms. The lowest BCUT2D eigenvalue weighted by molar-refractivity contribution is 0.208. The SMILES string of the molecule is CCCCCCCC(C)(CCO)NCCC. The molecule has 0 fully saturated rings. The van der Waals surface area contributed by atoms with Crippen molar-refractivity contribution in [1.82, 2.24) is 5.32 Å². The van der Waals surface area contributed by atoms with E-state index in [0.717, 1.165) is 19.4 Å². The summed E-state index contributed by atoms with van der Waals surface area (Å²) in [6.45, 7) is 8.04. The van der Waals surface area contributed by atoms with Crippen molar-refractivity contribution in [2.45, 2.75) is 77.7 Å². The molecule has 2 N–H and O–H groups in total. The summed E-state index contributed by atoms with van der Waals surface area (Å²) in [7, 11) is 0. The minimum Gasteiger partial charge on any atom is -0.396 e. The maximum Gasteiger partial charge on any atom is 0.0448 e. The molecule has 0 aromatic rings. The number of aliphatic hydroxyl groups excluding tert-OH is 1. The zero-order valence-electron chi connectivity index (χ0n) is 11.5.